The molecule has 0 saturated heterocycles. The van der Waals surface area contributed by atoms with Crippen LogP contribution < -0.4 is 0 Å². The lowest BCUT2D eigenvalue weighted by Gasteiger charge is -2.14. The molecule has 0 rings (SSSR count). The molecule has 1 N–H and O–H groups in total. The van der Waals surface area contributed by atoms with Gasteiger partial charge in [-0.1, -0.05) is 6.92 Å². The summed E-state index contributed by atoms with van der Waals surface area (Å²) < 4.78 is 16.2. The molecule has 0 aliphatic rings. The van der Waals surface area contributed by atoms with E-state index >= 15 is 0 Å². The average molecular weight is 248 g/mol. The lowest BCUT2D eigenvalue weighted by atomic mass is 10.2. The molecular weight excluding hydrogens is 220 g/mol. The molecule has 0 spiro atoms. The van der Waals surface area contributed by atoms with Gasteiger partial charge in [-0.25, -0.2) is 0 Å². The van der Waals surface area contributed by atoms with E-state index < -0.39 is 0 Å². The fourth-order valence-electron chi connectivity index (χ4n) is 1.35. The quantitative estimate of drug-likeness (QED) is 0.535. The molecule has 0 bridgehead atoms. The van der Waals surface area contributed by atoms with Crippen molar-refractivity contribution in [2.24, 2.45) is 5.92 Å². The highest BCUT2D eigenvalue weighted by Gasteiger charge is 2.03. The molecule has 0 aromatic rings. The van der Waals surface area contributed by atoms with Crippen LogP contribution in [0.25, 0.3) is 0 Å². The summed E-state index contributed by atoms with van der Waals surface area (Å²) in [5, 5.41) is 8.80. The largest absolute Gasteiger partial charge is 0.396 e. The van der Waals surface area contributed by atoms with E-state index in [1.54, 1.807) is 0 Å². The molecule has 0 radical (unpaired) electrons. The van der Waals surface area contributed by atoms with Crippen LogP contribution in [0, 0.1) is 5.92 Å². The van der Waals surface area contributed by atoms with E-state index in [1.165, 1.54) is 0 Å². The van der Waals surface area contributed by atoms with Crippen LogP contribution in [0.2, 0.25) is 0 Å². The van der Waals surface area contributed by atoms with Crippen molar-refractivity contribution in [2.75, 3.05) is 39.6 Å². The van der Waals surface area contributed by atoms with Crippen LogP contribution in [0.15, 0.2) is 0 Å². The van der Waals surface area contributed by atoms with Gasteiger partial charge in [0.2, 0.25) is 0 Å². The highest BCUT2D eigenvalue weighted by atomic mass is 16.5. The van der Waals surface area contributed by atoms with E-state index in [0.29, 0.717) is 19.8 Å². The maximum absolute atomic E-state index is 8.80. The molecule has 0 saturated carbocycles. The fraction of sp³-hybridized carbons (Fsp3) is 1.00. The first kappa shape index (κ1) is 16.8. The minimum absolute atomic E-state index is 0.175. The molecule has 2 unspecified atom stereocenters. The summed E-state index contributed by atoms with van der Waals surface area (Å²) in [6.45, 7) is 9.62. The van der Waals surface area contributed by atoms with Gasteiger partial charge in [-0.15, -0.1) is 0 Å². The number of hydrogen-bond acceptors (Lipinski definition) is 4. The predicted octanol–water partition coefficient (Wildman–Crippen LogP) is 1.85. The molecule has 0 aliphatic carbocycles. The van der Waals surface area contributed by atoms with Gasteiger partial charge in [-0.2, -0.15) is 0 Å². The van der Waals surface area contributed by atoms with Crippen LogP contribution >= 0.6 is 0 Å². The molecular formula is C13H28O4. The minimum Gasteiger partial charge on any atom is -0.396 e. The Kier molecular flexibility index (Phi) is 12.2. The summed E-state index contributed by atoms with van der Waals surface area (Å²) in [4.78, 5) is 0. The normalized spacial score (nSPS) is 14.8. The lowest BCUT2D eigenvalue weighted by Crippen LogP contribution is -2.16. The third-order valence-corrected chi connectivity index (χ3v) is 2.45. The van der Waals surface area contributed by atoms with Gasteiger partial charge in [0.1, 0.15) is 0 Å². The Hall–Kier alpha value is -0.160. The zero-order valence-electron chi connectivity index (χ0n) is 11.5. The highest BCUT2D eigenvalue weighted by Crippen LogP contribution is 2.02. The highest BCUT2D eigenvalue weighted by molar-refractivity contribution is 4.51. The minimum atomic E-state index is 0.175. The molecule has 2 atom stereocenters. The van der Waals surface area contributed by atoms with Gasteiger partial charge in [-0.3, -0.25) is 0 Å². The Morgan fingerprint density at radius 2 is 1.82 bits per heavy atom. The van der Waals surface area contributed by atoms with Crippen LogP contribution in [0.5, 0.6) is 0 Å². The second-order valence-electron chi connectivity index (χ2n) is 4.38. The van der Waals surface area contributed by atoms with E-state index in [-0.39, 0.29) is 18.6 Å². The molecule has 0 aliphatic heterocycles. The van der Waals surface area contributed by atoms with Crippen molar-refractivity contribution < 1.29 is 19.3 Å². The van der Waals surface area contributed by atoms with Crippen molar-refractivity contribution in [2.45, 2.75) is 39.7 Å². The van der Waals surface area contributed by atoms with Crippen LogP contribution in [-0.2, 0) is 14.2 Å². The van der Waals surface area contributed by atoms with Crippen molar-refractivity contribution in [3.05, 3.63) is 0 Å². The van der Waals surface area contributed by atoms with E-state index in [1.807, 2.05) is 13.8 Å². The molecule has 17 heavy (non-hydrogen) atoms. The first-order chi connectivity index (χ1) is 8.20. The molecule has 0 aromatic heterocycles. The summed E-state index contributed by atoms with van der Waals surface area (Å²) in [5.74, 6) is 0.207. The zero-order chi connectivity index (χ0) is 12.9. The predicted molar refractivity (Wildman–Crippen MR) is 68.2 cm³/mol. The number of aliphatic hydroxyl groups excluding tert-OH is 1. The van der Waals surface area contributed by atoms with Gasteiger partial charge in [0.15, 0.2) is 0 Å². The molecule has 0 heterocycles. The van der Waals surface area contributed by atoms with Gasteiger partial charge in [0.25, 0.3) is 0 Å². The zero-order valence-corrected chi connectivity index (χ0v) is 11.5. The molecule has 0 amide bonds. The van der Waals surface area contributed by atoms with E-state index in [4.69, 9.17) is 19.3 Å². The topological polar surface area (TPSA) is 47.9 Å². The first-order valence-corrected chi connectivity index (χ1v) is 6.58. The number of ether oxygens (including phenoxy) is 3. The van der Waals surface area contributed by atoms with E-state index in [2.05, 4.69) is 6.92 Å². The summed E-state index contributed by atoms with van der Waals surface area (Å²) in [5.41, 5.74) is 0. The molecule has 4 heteroatoms. The number of hydrogen-bond donors (Lipinski definition) is 1. The second-order valence-corrected chi connectivity index (χ2v) is 4.38. The van der Waals surface area contributed by atoms with Crippen LogP contribution in [0.3, 0.4) is 0 Å². The van der Waals surface area contributed by atoms with Crippen molar-refractivity contribution in [1.82, 2.24) is 0 Å². The molecule has 4 nitrogen and oxygen atoms in total. The summed E-state index contributed by atoms with van der Waals surface area (Å²) in [7, 11) is 0. The maximum atomic E-state index is 8.80. The number of rotatable bonds is 12. The average Bonchev–Trinajstić information content (AvgIpc) is 2.34. The van der Waals surface area contributed by atoms with Gasteiger partial charge < -0.3 is 19.3 Å². The Morgan fingerprint density at radius 3 is 2.47 bits per heavy atom. The Balaban J connectivity index is 3.18. The van der Waals surface area contributed by atoms with Gasteiger partial charge in [0.05, 0.1) is 25.9 Å². The molecule has 104 valence electrons. The lowest BCUT2D eigenvalue weighted by molar-refractivity contribution is -0.00524. The molecule has 0 aromatic carbocycles. The van der Waals surface area contributed by atoms with Crippen molar-refractivity contribution >= 4 is 0 Å². The Morgan fingerprint density at radius 1 is 1.06 bits per heavy atom. The van der Waals surface area contributed by atoms with Crippen molar-refractivity contribution in [1.29, 1.82) is 0 Å². The van der Waals surface area contributed by atoms with Gasteiger partial charge >= 0.3 is 0 Å². The van der Waals surface area contributed by atoms with Crippen LogP contribution in [0.4, 0.5) is 0 Å². The van der Waals surface area contributed by atoms with Crippen LogP contribution in [-0.4, -0.2) is 50.9 Å². The van der Waals surface area contributed by atoms with Crippen molar-refractivity contribution in [3.63, 3.8) is 0 Å². The fourth-order valence-corrected chi connectivity index (χ4v) is 1.35. The third kappa shape index (κ3) is 12.1. The van der Waals surface area contributed by atoms with Gasteiger partial charge in [-0.05, 0) is 26.7 Å². The Bertz CT molecular complexity index is 152. The monoisotopic (exact) mass is 248 g/mol. The summed E-state index contributed by atoms with van der Waals surface area (Å²) in [6, 6.07) is 0. The van der Waals surface area contributed by atoms with E-state index in [9.17, 15) is 0 Å². The smallest absolute Gasteiger partial charge is 0.0704 e. The molecule has 0 fully saturated rings. The standard InChI is InChI=1S/C13H28O4/c1-4-15-7-5-6-13(3)17-9-8-16-11-12(2)10-14/h12-14H,4-11H2,1-3H3. The maximum Gasteiger partial charge on any atom is 0.0704 e. The van der Waals surface area contributed by atoms with Crippen LogP contribution in [0.1, 0.15) is 33.6 Å². The third-order valence-electron chi connectivity index (χ3n) is 2.45. The Labute approximate surface area is 105 Å². The van der Waals surface area contributed by atoms with Crippen molar-refractivity contribution in [3.8, 4) is 0 Å². The van der Waals surface area contributed by atoms with Gasteiger partial charge in [0, 0.05) is 25.7 Å². The number of aliphatic hydroxyl groups is 1. The summed E-state index contributed by atoms with van der Waals surface area (Å²) >= 11 is 0. The van der Waals surface area contributed by atoms with E-state index in [0.717, 1.165) is 26.1 Å². The summed E-state index contributed by atoms with van der Waals surface area (Å²) in [6.07, 6.45) is 2.32. The second kappa shape index (κ2) is 12.3. The first-order valence-electron chi connectivity index (χ1n) is 6.58. The SMILES string of the molecule is CCOCCCC(C)OCCOCC(C)CO.